The molecule has 36 heavy (non-hydrogen) atoms. The molecule has 0 radical (unpaired) electrons. The maximum atomic E-state index is 13.4. The Bertz CT molecular complexity index is 1060. The number of likely N-dealkylation sites (N-methyl/N-ethyl adjacent to an activating group) is 1. The van der Waals surface area contributed by atoms with E-state index in [2.05, 4.69) is 5.32 Å². The highest BCUT2D eigenvalue weighted by Crippen LogP contribution is 2.27. The number of hydrogen-bond donors (Lipinski definition) is 1. The second-order valence-corrected chi connectivity index (χ2v) is 9.11. The molecule has 2 aromatic carbocycles. The Kier molecular flexibility index (Phi) is 9.44. The molecule has 9 heteroatoms. The van der Waals surface area contributed by atoms with Gasteiger partial charge in [0.25, 0.3) is 11.8 Å². The smallest absolute Gasteiger partial charge is 0.257 e. The molecule has 3 amide bonds. The van der Waals surface area contributed by atoms with Crippen LogP contribution in [0.1, 0.15) is 34.6 Å². The minimum Gasteiger partial charge on any atom is -0.491 e. The van der Waals surface area contributed by atoms with Gasteiger partial charge in [-0.2, -0.15) is 0 Å². The molecule has 0 saturated heterocycles. The second kappa shape index (κ2) is 12.5. The molecule has 9 nitrogen and oxygen atoms in total. The molecule has 1 aliphatic rings. The van der Waals surface area contributed by atoms with Crippen LogP contribution in [0.25, 0.3) is 0 Å². The Morgan fingerprint density at radius 3 is 2.47 bits per heavy atom. The highest BCUT2D eigenvalue weighted by Gasteiger charge is 2.30. The van der Waals surface area contributed by atoms with Crippen molar-refractivity contribution in [3.05, 3.63) is 59.7 Å². The molecule has 0 spiro atoms. The number of benzene rings is 2. The summed E-state index contributed by atoms with van der Waals surface area (Å²) < 4.78 is 16.7. The van der Waals surface area contributed by atoms with Crippen LogP contribution in [0, 0.1) is 5.92 Å². The number of nitrogens with one attached hydrogen (secondary N) is 1. The maximum Gasteiger partial charge on any atom is 0.257 e. The Morgan fingerprint density at radius 1 is 1.08 bits per heavy atom. The second-order valence-electron chi connectivity index (χ2n) is 9.11. The van der Waals surface area contributed by atoms with Crippen molar-refractivity contribution < 1.29 is 28.6 Å². The van der Waals surface area contributed by atoms with E-state index in [1.54, 1.807) is 54.3 Å². The molecule has 0 unspecified atom stereocenters. The monoisotopic (exact) mass is 497 g/mol. The van der Waals surface area contributed by atoms with Crippen LogP contribution in [-0.4, -0.2) is 87.2 Å². The Balaban J connectivity index is 1.96. The van der Waals surface area contributed by atoms with E-state index < -0.39 is 0 Å². The quantitative estimate of drug-likeness (QED) is 0.682. The molecule has 3 atom stereocenters. The van der Waals surface area contributed by atoms with E-state index >= 15 is 0 Å². The standard InChI is InChI=1S/C27H35N3O6/c1-18-14-30(26(32)20-9-7-6-8-10-20)19(2)16-36-23-12-11-21(28-25(31)17-34-4)13-22(23)27(33)29(3)15-24(18)35-5/h6-13,18-19,24H,14-17H2,1-5H3,(H,28,31)/t18-,19+,24-/m1/s1. The largest absolute Gasteiger partial charge is 0.491 e. The number of anilines is 1. The summed E-state index contributed by atoms with van der Waals surface area (Å²) in [5, 5.41) is 2.72. The fraction of sp³-hybridized carbons (Fsp3) is 0.444. The zero-order chi connectivity index (χ0) is 26.2. The predicted molar refractivity (Wildman–Crippen MR) is 136 cm³/mol. The van der Waals surface area contributed by atoms with Gasteiger partial charge in [0.1, 0.15) is 19.0 Å². The van der Waals surface area contributed by atoms with Crippen LogP contribution in [0.4, 0.5) is 5.69 Å². The summed E-state index contributed by atoms with van der Waals surface area (Å²) in [6.45, 7) is 4.77. The predicted octanol–water partition coefficient (Wildman–Crippen LogP) is 2.92. The average molecular weight is 498 g/mol. The van der Waals surface area contributed by atoms with Gasteiger partial charge < -0.3 is 29.3 Å². The van der Waals surface area contributed by atoms with Gasteiger partial charge >= 0.3 is 0 Å². The molecule has 1 heterocycles. The number of methoxy groups -OCH3 is 2. The van der Waals surface area contributed by atoms with E-state index in [1.165, 1.54) is 7.11 Å². The summed E-state index contributed by atoms with van der Waals surface area (Å²) in [4.78, 5) is 42.2. The van der Waals surface area contributed by atoms with Gasteiger partial charge in [0.2, 0.25) is 5.91 Å². The SMILES string of the molecule is COCC(=O)Nc1ccc2c(c1)C(=O)N(C)C[C@@H](OC)[C@H](C)CN(C(=O)c1ccccc1)[C@@H](C)CO2. The number of ether oxygens (including phenoxy) is 3. The maximum absolute atomic E-state index is 13.4. The van der Waals surface area contributed by atoms with Gasteiger partial charge in [-0.25, -0.2) is 0 Å². The van der Waals surface area contributed by atoms with E-state index in [1.807, 2.05) is 32.0 Å². The van der Waals surface area contributed by atoms with Crippen molar-refractivity contribution in [2.45, 2.75) is 26.0 Å². The summed E-state index contributed by atoms with van der Waals surface area (Å²) in [7, 11) is 4.74. The summed E-state index contributed by atoms with van der Waals surface area (Å²) in [5.74, 6) is -0.361. The molecule has 0 aromatic heterocycles. The third-order valence-corrected chi connectivity index (χ3v) is 6.29. The molecular weight excluding hydrogens is 462 g/mol. The van der Waals surface area contributed by atoms with E-state index in [9.17, 15) is 14.4 Å². The minimum atomic E-state index is -0.329. The molecule has 1 aliphatic heterocycles. The van der Waals surface area contributed by atoms with Crippen LogP contribution in [0.2, 0.25) is 0 Å². The lowest BCUT2D eigenvalue weighted by molar-refractivity contribution is -0.119. The fourth-order valence-electron chi connectivity index (χ4n) is 4.21. The van der Waals surface area contributed by atoms with E-state index in [0.29, 0.717) is 35.7 Å². The molecule has 2 aromatic rings. The normalized spacial score (nSPS) is 21.0. The molecule has 1 N–H and O–H groups in total. The van der Waals surface area contributed by atoms with Crippen molar-refractivity contribution in [2.24, 2.45) is 5.92 Å². The third kappa shape index (κ3) is 6.61. The fourth-order valence-corrected chi connectivity index (χ4v) is 4.21. The van der Waals surface area contributed by atoms with Crippen LogP contribution in [0.3, 0.4) is 0 Å². The number of carbonyl (C=O) groups is 3. The summed E-state index contributed by atoms with van der Waals surface area (Å²) in [5.41, 5.74) is 1.37. The summed E-state index contributed by atoms with van der Waals surface area (Å²) in [6.07, 6.45) is -0.300. The Hall–Kier alpha value is -3.43. The number of fused-ring (bicyclic) bond motifs is 1. The van der Waals surface area contributed by atoms with E-state index in [0.717, 1.165) is 0 Å². The zero-order valence-corrected chi connectivity index (χ0v) is 21.5. The first-order valence-electron chi connectivity index (χ1n) is 11.9. The molecule has 0 fully saturated rings. The summed E-state index contributed by atoms with van der Waals surface area (Å²) in [6, 6.07) is 13.8. The van der Waals surface area contributed by atoms with Gasteiger partial charge in [-0.15, -0.1) is 0 Å². The Morgan fingerprint density at radius 2 is 1.81 bits per heavy atom. The lowest BCUT2D eigenvalue weighted by atomic mass is 10.0. The first kappa shape index (κ1) is 27.2. The third-order valence-electron chi connectivity index (χ3n) is 6.29. The van der Waals surface area contributed by atoms with Crippen molar-refractivity contribution >= 4 is 23.4 Å². The average Bonchev–Trinajstić information content (AvgIpc) is 2.88. The van der Waals surface area contributed by atoms with Crippen LogP contribution in [0.15, 0.2) is 48.5 Å². The van der Waals surface area contributed by atoms with Crippen molar-refractivity contribution in [2.75, 3.05) is 52.9 Å². The molecule has 194 valence electrons. The van der Waals surface area contributed by atoms with Crippen LogP contribution >= 0.6 is 0 Å². The first-order valence-corrected chi connectivity index (χ1v) is 11.9. The van der Waals surface area contributed by atoms with Crippen molar-refractivity contribution in [1.82, 2.24) is 9.80 Å². The van der Waals surface area contributed by atoms with E-state index in [-0.39, 0.29) is 49.0 Å². The first-order chi connectivity index (χ1) is 17.2. The van der Waals surface area contributed by atoms with Gasteiger partial charge in [-0.3, -0.25) is 14.4 Å². The van der Waals surface area contributed by atoms with Crippen molar-refractivity contribution in [3.63, 3.8) is 0 Å². The van der Waals surface area contributed by atoms with Gasteiger partial charge in [0.15, 0.2) is 0 Å². The topological polar surface area (TPSA) is 97.4 Å². The number of carbonyl (C=O) groups excluding carboxylic acids is 3. The minimum absolute atomic E-state index is 0.0566. The molecule has 3 rings (SSSR count). The van der Waals surface area contributed by atoms with Crippen LogP contribution in [0.5, 0.6) is 5.75 Å². The van der Waals surface area contributed by atoms with Gasteiger partial charge in [-0.1, -0.05) is 25.1 Å². The molecule has 0 saturated carbocycles. The van der Waals surface area contributed by atoms with E-state index in [4.69, 9.17) is 14.2 Å². The van der Waals surface area contributed by atoms with Crippen LogP contribution < -0.4 is 10.1 Å². The number of hydrogen-bond acceptors (Lipinski definition) is 6. The number of amides is 3. The molecule has 0 bridgehead atoms. The van der Waals surface area contributed by atoms with Gasteiger partial charge in [0.05, 0.1) is 17.7 Å². The number of nitrogens with zero attached hydrogens (tertiary/aromatic N) is 2. The van der Waals surface area contributed by atoms with Gasteiger partial charge in [0, 0.05) is 51.5 Å². The molecule has 0 aliphatic carbocycles. The van der Waals surface area contributed by atoms with Crippen molar-refractivity contribution in [1.29, 1.82) is 0 Å². The number of rotatable bonds is 5. The highest BCUT2D eigenvalue weighted by molar-refractivity contribution is 5.99. The van der Waals surface area contributed by atoms with Crippen molar-refractivity contribution in [3.8, 4) is 5.75 Å². The zero-order valence-electron chi connectivity index (χ0n) is 21.5. The Labute approximate surface area is 212 Å². The van der Waals surface area contributed by atoms with Gasteiger partial charge in [-0.05, 0) is 37.3 Å². The lowest BCUT2D eigenvalue weighted by Gasteiger charge is -2.36. The lowest BCUT2D eigenvalue weighted by Crippen LogP contribution is -2.48. The molecular formula is C27H35N3O6. The highest BCUT2D eigenvalue weighted by atomic mass is 16.5. The summed E-state index contributed by atoms with van der Waals surface area (Å²) >= 11 is 0. The van der Waals surface area contributed by atoms with Crippen LogP contribution in [-0.2, 0) is 14.3 Å².